The number of thiophene rings is 1. The molecular weight excluding hydrogens is 1110 g/mol. The van der Waals surface area contributed by atoms with E-state index in [0.717, 1.165) is 105 Å². The van der Waals surface area contributed by atoms with Gasteiger partial charge in [-0.3, -0.25) is 0 Å². The number of benzene rings is 13. The van der Waals surface area contributed by atoms with E-state index in [2.05, 4.69) is 270 Å². The molecule has 0 saturated carbocycles. The molecule has 0 aliphatic rings. The van der Waals surface area contributed by atoms with Crippen molar-refractivity contribution in [2.75, 3.05) is 0 Å². The molecule has 19 aromatic rings. The van der Waals surface area contributed by atoms with Crippen LogP contribution in [0, 0.1) is 0 Å². The monoisotopic (exact) mass is 1150 g/mol. The third-order valence-corrected chi connectivity index (χ3v) is 19.1. The van der Waals surface area contributed by atoms with Crippen LogP contribution in [0.4, 0.5) is 0 Å². The van der Waals surface area contributed by atoms with Crippen LogP contribution in [0.1, 0.15) is 0 Å². The molecule has 6 heterocycles. The van der Waals surface area contributed by atoms with Gasteiger partial charge in [0, 0.05) is 91.3 Å². The lowest BCUT2D eigenvalue weighted by atomic mass is 9.98. The lowest BCUT2D eigenvalue weighted by Crippen LogP contribution is -2.01. The zero-order valence-electron chi connectivity index (χ0n) is 47.6. The molecule has 0 aliphatic heterocycles. The van der Waals surface area contributed by atoms with E-state index in [-0.39, 0.29) is 0 Å². The normalized spacial score (nSPS) is 12.0. The first-order valence-electron chi connectivity index (χ1n) is 30.0. The van der Waals surface area contributed by atoms with Crippen molar-refractivity contribution >= 4 is 119 Å². The maximum atomic E-state index is 6.74. The molecule has 0 radical (unpaired) electrons. The van der Waals surface area contributed by atoms with Crippen LogP contribution in [0.5, 0.6) is 0 Å². The maximum absolute atomic E-state index is 6.74. The molecule has 6 aromatic heterocycles. The summed E-state index contributed by atoms with van der Waals surface area (Å²) in [5.74, 6) is 1.66. The lowest BCUT2D eigenvalue weighted by molar-refractivity contribution is 0.668. The van der Waals surface area contributed by atoms with E-state index < -0.39 is 0 Å². The van der Waals surface area contributed by atoms with Crippen molar-refractivity contribution in [3.8, 4) is 78.9 Å². The molecule has 19 rings (SSSR count). The zero-order chi connectivity index (χ0) is 58.3. The Morgan fingerprint density at radius 2 is 0.697 bits per heavy atom. The smallest absolute Gasteiger partial charge is 0.164 e. The third kappa shape index (κ3) is 7.87. The Labute approximate surface area is 512 Å². The van der Waals surface area contributed by atoms with Crippen LogP contribution < -0.4 is 0 Å². The van der Waals surface area contributed by atoms with E-state index in [9.17, 15) is 0 Å². The van der Waals surface area contributed by atoms with Crippen LogP contribution in [-0.4, -0.2) is 24.1 Å². The van der Waals surface area contributed by atoms with Gasteiger partial charge in [0.2, 0.25) is 0 Å². The van der Waals surface area contributed by atoms with Crippen LogP contribution in [0.15, 0.2) is 294 Å². The highest BCUT2D eigenvalue weighted by atomic mass is 32.1. The van der Waals surface area contributed by atoms with Gasteiger partial charge in [-0.1, -0.05) is 164 Å². The SMILES string of the molecule is c1ccc(-n2c3ccccc3c3cc(-c4ccc5sc6ccc(-c7ccc8oc9cccc(-c%10nc(-c%11cccc(-c%12ccc%13c(c%12)oc%12ccccc%12%13)c%11)nc(-c%11cccc(-n%12c%13ccccc%13c%13ccccc%13%12)c%11)n%10)c9c8c7)cc6c5c4)ccc32)cc1. The van der Waals surface area contributed by atoms with Gasteiger partial charge in [-0.25, -0.2) is 15.0 Å². The molecule has 0 bridgehead atoms. The summed E-state index contributed by atoms with van der Waals surface area (Å²) in [5, 5.41) is 11.5. The first kappa shape index (κ1) is 49.5. The fourth-order valence-electron chi connectivity index (χ4n) is 13.8. The van der Waals surface area contributed by atoms with Crippen molar-refractivity contribution < 1.29 is 8.83 Å². The first-order chi connectivity index (χ1) is 44.1. The average molecular weight is 1150 g/mol. The van der Waals surface area contributed by atoms with E-state index in [4.69, 9.17) is 23.8 Å². The Morgan fingerprint density at radius 3 is 1.42 bits per heavy atom. The predicted molar refractivity (Wildman–Crippen MR) is 369 cm³/mol. The summed E-state index contributed by atoms with van der Waals surface area (Å²) in [4.78, 5) is 16.2. The van der Waals surface area contributed by atoms with Crippen LogP contribution in [-0.2, 0) is 0 Å². The topological polar surface area (TPSA) is 74.8 Å². The second-order valence-electron chi connectivity index (χ2n) is 23.1. The molecule has 89 heavy (non-hydrogen) atoms. The summed E-state index contributed by atoms with van der Waals surface area (Å²) in [7, 11) is 0. The van der Waals surface area contributed by atoms with Gasteiger partial charge in [0.25, 0.3) is 0 Å². The zero-order valence-corrected chi connectivity index (χ0v) is 48.4. The number of rotatable bonds is 8. The van der Waals surface area contributed by atoms with Crippen molar-refractivity contribution in [3.63, 3.8) is 0 Å². The van der Waals surface area contributed by atoms with Crippen molar-refractivity contribution in [1.29, 1.82) is 0 Å². The molecule has 0 unspecified atom stereocenters. The van der Waals surface area contributed by atoms with Crippen molar-refractivity contribution in [2.45, 2.75) is 0 Å². The van der Waals surface area contributed by atoms with E-state index in [0.29, 0.717) is 17.5 Å². The summed E-state index contributed by atoms with van der Waals surface area (Å²) in [6, 6.07) is 102. The maximum Gasteiger partial charge on any atom is 0.164 e. The number of furan rings is 2. The van der Waals surface area contributed by atoms with E-state index in [1.165, 1.54) is 63.9 Å². The van der Waals surface area contributed by atoms with Gasteiger partial charge in [-0.2, -0.15) is 0 Å². The molecule has 0 aliphatic carbocycles. The summed E-state index contributed by atoms with van der Waals surface area (Å²) in [5.41, 5.74) is 19.3. The second kappa shape index (κ2) is 19.4. The summed E-state index contributed by atoms with van der Waals surface area (Å²) < 4.78 is 20.3. The first-order valence-corrected chi connectivity index (χ1v) is 30.8. The van der Waals surface area contributed by atoms with Gasteiger partial charge in [0.1, 0.15) is 22.3 Å². The molecule has 414 valence electrons. The fourth-order valence-corrected chi connectivity index (χ4v) is 14.9. The summed E-state index contributed by atoms with van der Waals surface area (Å²) in [6.07, 6.45) is 0. The second-order valence-corrected chi connectivity index (χ2v) is 24.1. The Bertz CT molecular complexity index is 6090. The largest absolute Gasteiger partial charge is 0.456 e. The Hall–Kier alpha value is -11.7. The highest BCUT2D eigenvalue weighted by Crippen LogP contribution is 2.44. The number of para-hydroxylation sites is 5. The van der Waals surface area contributed by atoms with Crippen LogP contribution in [0.25, 0.3) is 187 Å². The van der Waals surface area contributed by atoms with Crippen LogP contribution >= 0.6 is 11.3 Å². The lowest BCUT2D eigenvalue weighted by Gasteiger charge is -2.12. The van der Waals surface area contributed by atoms with Gasteiger partial charge in [-0.05, 0) is 155 Å². The molecule has 7 nitrogen and oxygen atoms in total. The summed E-state index contributed by atoms with van der Waals surface area (Å²) in [6.45, 7) is 0. The van der Waals surface area contributed by atoms with Crippen molar-refractivity contribution in [1.82, 2.24) is 24.1 Å². The molecule has 0 fully saturated rings. The highest BCUT2D eigenvalue weighted by Gasteiger charge is 2.22. The highest BCUT2D eigenvalue weighted by molar-refractivity contribution is 7.25. The Morgan fingerprint density at radius 1 is 0.247 bits per heavy atom. The quantitative estimate of drug-likeness (QED) is 0.152. The molecule has 0 spiro atoms. The third-order valence-electron chi connectivity index (χ3n) is 18.0. The standard InChI is InChI=1S/C81H47N5O2S/c1-2-18-56(19-3-1)85-70-28-10-6-23-60(70)64-43-49(32-37-71(64)85)51-34-39-76-65(44-51)66-45-52(35-40-77(66)89-76)50-33-38-73-67(46-50)78-63(25-14-30-74(78)87-73)81-83-79(54-16-12-15-48(41-54)53-31-36-62-61-24-7-11-29-72(61)88-75(62)47-53)82-80(84-81)55-17-13-20-57(42-55)86-68-26-8-4-21-58(68)59-22-5-9-27-69(59)86/h1-47H. The van der Waals surface area contributed by atoms with E-state index in [1.807, 2.05) is 35.6 Å². The Kier molecular flexibility index (Phi) is 10.8. The molecule has 0 amide bonds. The van der Waals surface area contributed by atoms with E-state index >= 15 is 0 Å². The van der Waals surface area contributed by atoms with Crippen molar-refractivity contribution in [2.24, 2.45) is 0 Å². The number of nitrogens with zero attached hydrogens (tertiary/aromatic N) is 5. The van der Waals surface area contributed by atoms with Gasteiger partial charge < -0.3 is 18.0 Å². The van der Waals surface area contributed by atoms with Crippen LogP contribution in [0.2, 0.25) is 0 Å². The number of aromatic nitrogens is 5. The Balaban J connectivity index is 0.740. The molecular formula is C81H47N5O2S. The number of hydrogen-bond acceptors (Lipinski definition) is 6. The van der Waals surface area contributed by atoms with Gasteiger partial charge in [-0.15, -0.1) is 11.3 Å². The van der Waals surface area contributed by atoms with Crippen molar-refractivity contribution in [3.05, 3.63) is 285 Å². The number of hydrogen-bond donors (Lipinski definition) is 0. The van der Waals surface area contributed by atoms with Gasteiger partial charge in [0.05, 0.1) is 22.1 Å². The predicted octanol–water partition coefficient (Wildman–Crippen LogP) is 22.2. The van der Waals surface area contributed by atoms with E-state index in [1.54, 1.807) is 0 Å². The molecule has 0 N–H and O–H groups in total. The van der Waals surface area contributed by atoms with Gasteiger partial charge >= 0.3 is 0 Å². The minimum atomic E-state index is 0.545. The van der Waals surface area contributed by atoms with Gasteiger partial charge in [0.15, 0.2) is 17.5 Å². The molecule has 0 atom stereocenters. The molecule has 8 heteroatoms. The molecule has 0 saturated heterocycles. The minimum Gasteiger partial charge on any atom is -0.456 e. The fraction of sp³-hybridized carbons (Fsp3) is 0. The average Bonchev–Trinajstić information content (AvgIpc) is 1.88. The van der Waals surface area contributed by atoms with Crippen LogP contribution in [0.3, 0.4) is 0 Å². The summed E-state index contributed by atoms with van der Waals surface area (Å²) >= 11 is 1.84. The number of fused-ring (bicyclic) bond motifs is 15. The molecule has 13 aromatic carbocycles. The minimum absolute atomic E-state index is 0.545.